The number of ether oxygens (including phenoxy) is 1. The van der Waals surface area contributed by atoms with E-state index in [4.69, 9.17) is 4.74 Å². The normalized spacial score (nSPS) is 21.6. The van der Waals surface area contributed by atoms with E-state index in [-0.39, 0.29) is 6.23 Å². The SMILES string of the molecule is C=CCN1CCNCC1Oc1ccccc1. The molecule has 1 atom stereocenters. The molecule has 0 saturated carbocycles. The second kappa shape index (κ2) is 5.68. The first-order chi connectivity index (χ1) is 7.90. The van der Waals surface area contributed by atoms with Crippen molar-refractivity contribution in [2.24, 2.45) is 0 Å². The molecule has 1 fully saturated rings. The minimum atomic E-state index is 0.106. The van der Waals surface area contributed by atoms with Crippen LogP contribution in [0.25, 0.3) is 0 Å². The highest BCUT2D eigenvalue weighted by molar-refractivity contribution is 5.21. The highest BCUT2D eigenvalue weighted by Gasteiger charge is 2.22. The van der Waals surface area contributed by atoms with E-state index in [0.717, 1.165) is 31.9 Å². The Morgan fingerprint density at radius 1 is 1.44 bits per heavy atom. The maximum Gasteiger partial charge on any atom is 0.165 e. The average Bonchev–Trinajstić information content (AvgIpc) is 2.33. The molecule has 3 heteroatoms. The van der Waals surface area contributed by atoms with Crippen LogP contribution in [0.2, 0.25) is 0 Å². The van der Waals surface area contributed by atoms with Gasteiger partial charge in [0.05, 0.1) is 0 Å². The molecular weight excluding hydrogens is 200 g/mol. The molecule has 1 unspecified atom stereocenters. The molecular formula is C13H18N2O. The van der Waals surface area contributed by atoms with Gasteiger partial charge in [-0.25, -0.2) is 0 Å². The molecule has 0 aromatic heterocycles. The third-order valence-corrected chi connectivity index (χ3v) is 2.68. The first-order valence-corrected chi connectivity index (χ1v) is 5.67. The van der Waals surface area contributed by atoms with E-state index in [1.54, 1.807) is 0 Å². The van der Waals surface area contributed by atoms with Gasteiger partial charge in [-0.3, -0.25) is 4.90 Å². The predicted octanol–water partition coefficient (Wildman–Crippen LogP) is 1.48. The molecule has 0 bridgehead atoms. The summed E-state index contributed by atoms with van der Waals surface area (Å²) in [6, 6.07) is 9.95. The van der Waals surface area contributed by atoms with Crippen molar-refractivity contribution in [2.45, 2.75) is 6.23 Å². The largest absolute Gasteiger partial charge is 0.474 e. The summed E-state index contributed by atoms with van der Waals surface area (Å²) in [5.74, 6) is 0.922. The molecule has 2 rings (SSSR count). The molecule has 3 nitrogen and oxygen atoms in total. The fourth-order valence-electron chi connectivity index (χ4n) is 1.87. The van der Waals surface area contributed by atoms with Gasteiger partial charge in [0.25, 0.3) is 0 Å². The quantitative estimate of drug-likeness (QED) is 0.775. The zero-order valence-electron chi connectivity index (χ0n) is 9.43. The molecule has 16 heavy (non-hydrogen) atoms. The van der Waals surface area contributed by atoms with Crippen molar-refractivity contribution in [3.8, 4) is 5.75 Å². The van der Waals surface area contributed by atoms with Crippen molar-refractivity contribution < 1.29 is 4.74 Å². The summed E-state index contributed by atoms with van der Waals surface area (Å²) in [6.45, 7) is 7.54. The van der Waals surface area contributed by atoms with Gasteiger partial charge >= 0.3 is 0 Å². The van der Waals surface area contributed by atoms with Crippen molar-refractivity contribution in [3.05, 3.63) is 43.0 Å². The first-order valence-electron chi connectivity index (χ1n) is 5.67. The second-order valence-corrected chi connectivity index (χ2v) is 3.87. The van der Waals surface area contributed by atoms with Gasteiger partial charge in [0.15, 0.2) is 6.23 Å². The lowest BCUT2D eigenvalue weighted by atomic mass is 10.3. The monoisotopic (exact) mass is 218 g/mol. The number of piperazine rings is 1. The van der Waals surface area contributed by atoms with Crippen molar-refractivity contribution in [3.63, 3.8) is 0 Å². The van der Waals surface area contributed by atoms with E-state index in [2.05, 4.69) is 16.8 Å². The molecule has 1 heterocycles. The number of nitrogens with one attached hydrogen (secondary N) is 1. The van der Waals surface area contributed by atoms with Gasteiger partial charge in [-0.1, -0.05) is 24.3 Å². The summed E-state index contributed by atoms with van der Waals surface area (Å²) in [7, 11) is 0. The number of benzene rings is 1. The van der Waals surface area contributed by atoms with Crippen LogP contribution < -0.4 is 10.1 Å². The molecule has 1 aliphatic heterocycles. The molecule has 0 spiro atoms. The van der Waals surface area contributed by atoms with Crippen molar-refractivity contribution in [1.82, 2.24) is 10.2 Å². The number of hydrogen-bond donors (Lipinski definition) is 1. The van der Waals surface area contributed by atoms with Crippen molar-refractivity contribution >= 4 is 0 Å². The molecule has 0 aliphatic carbocycles. The maximum atomic E-state index is 5.94. The summed E-state index contributed by atoms with van der Waals surface area (Å²) in [5, 5.41) is 3.34. The summed E-state index contributed by atoms with van der Waals surface area (Å²) in [4.78, 5) is 2.29. The van der Waals surface area contributed by atoms with Crippen molar-refractivity contribution in [1.29, 1.82) is 0 Å². The highest BCUT2D eigenvalue weighted by atomic mass is 16.5. The Morgan fingerprint density at radius 2 is 2.25 bits per heavy atom. The molecule has 0 amide bonds. The van der Waals surface area contributed by atoms with Gasteiger partial charge in [-0.05, 0) is 12.1 Å². The minimum absolute atomic E-state index is 0.106. The Kier molecular flexibility index (Phi) is 3.97. The third kappa shape index (κ3) is 2.84. The Labute approximate surface area is 96.7 Å². The Balaban J connectivity index is 1.98. The zero-order valence-corrected chi connectivity index (χ0v) is 9.43. The topological polar surface area (TPSA) is 24.5 Å². The summed E-state index contributed by atoms with van der Waals surface area (Å²) in [5.41, 5.74) is 0. The highest BCUT2D eigenvalue weighted by Crippen LogP contribution is 2.13. The van der Waals surface area contributed by atoms with E-state index in [1.165, 1.54) is 0 Å². The lowest BCUT2D eigenvalue weighted by Crippen LogP contribution is -2.53. The standard InChI is InChI=1S/C13H18N2O/c1-2-9-15-10-8-14-11-13(15)16-12-6-4-3-5-7-12/h2-7,13-14H,1,8-11H2. The molecule has 1 saturated heterocycles. The third-order valence-electron chi connectivity index (χ3n) is 2.68. The second-order valence-electron chi connectivity index (χ2n) is 3.87. The molecule has 1 aromatic carbocycles. The summed E-state index contributed by atoms with van der Waals surface area (Å²) in [6.07, 6.45) is 2.03. The van der Waals surface area contributed by atoms with Crippen LogP contribution in [0, 0.1) is 0 Å². The molecule has 1 aromatic rings. The lowest BCUT2D eigenvalue weighted by Gasteiger charge is -2.35. The van der Waals surface area contributed by atoms with Crippen molar-refractivity contribution in [2.75, 3.05) is 26.2 Å². The van der Waals surface area contributed by atoms with Crippen LogP contribution >= 0.6 is 0 Å². The first kappa shape index (κ1) is 11.2. The summed E-state index contributed by atoms with van der Waals surface area (Å²) < 4.78 is 5.94. The van der Waals surface area contributed by atoms with Gasteiger partial charge in [0.2, 0.25) is 0 Å². The fourth-order valence-corrected chi connectivity index (χ4v) is 1.87. The van der Waals surface area contributed by atoms with Crippen LogP contribution in [0.3, 0.4) is 0 Å². The van der Waals surface area contributed by atoms with Crippen LogP contribution in [-0.4, -0.2) is 37.3 Å². The van der Waals surface area contributed by atoms with Crippen LogP contribution in [0.4, 0.5) is 0 Å². The Hall–Kier alpha value is -1.32. The maximum absolute atomic E-state index is 5.94. The number of nitrogens with zero attached hydrogens (tertiary/aromatic N) is 1. The minimum Gasteiger partial charge on any atom is -0.474 e. The Bertz CT molecular complexity index is 326. The number of rotatable bonds is 4. The van der Waals surface area contributed by atoms with E-state index < -0.39 is 0 Å². The van der Waals surface area contributed by atoms with Crippen LogP contribution in [0.15, 0.2) is 43.0 Å². The molecule has 1 aliphatic rings. The van der Waals surface area contributed by atoms with E-state index in [1.807, 2.05) is 36.4 Å². The molecule has 1 N–H and O–H groups in total. The predicted molar refractivity (Wildman–Crippen MR) is 65.5 cm³/mol. The van der Waals surface area contributed by atoms with Gasteiger partial charge in [-0.2, -0.15) is 0 Å². The lowest BCUT2D eigenvalue weighted by molar-refractivity contribution is 0.0157. The van der Waals surface area contributed by atoms with E-state index >= 15 is 0 Å². The van der Waals surface area contributed by atoms with Gasteiger partial charge < -0.3 is 10.1 Å². The number of para-hydroxylation sites is 1. The van der Waals surface area contributed by atoms with Gasteiger partial charge in [0, 0.05) is 26.2 Å². The van der Waals surface area contributed by atoms with Gasteiger partial charge in [-0.15, -0.1) is 6.58 Å². The molecule has 86 valence electrons. The van der Waals surface area contributed by atoms with Gasteiger partial charge in [0.1, 0.15) is 5.75 Å². The fraction of sp³-hybridized carbons (Fsp3) is 0.385. The average molecular weight is 218 g/mol. The van der Waals surface area contributed by atoms with Crippen LogP contribution in [0.1, 0.15) is 0 Å². The zero-order chi connectivity index (χ0) is 11.2. The summed E-state index contributed by atoms with van der Waals surface area (Å²) >= 11 is 0. The number of hydrogen-bond acceptors (Lipinski definition) is 3. The smallest absolute Gasteiger partial charge is 0.165 e. The van der Waals surface area contributed by atoms with Crippen LogP contribution in [0.5, 0.6) is 5.75 Å². The Morgan fingerprint density at radius 3 is 3.00 bits per heavy atom. The van der Waals surface area contributed by atoms with Crippen LogP contribution in [-0.2, 0) is 0 Å². The van der Waals surface area contributed by atoms with E-state index in [0.29, 0.717) is 0 Å². The molecule has 0 radical (unpaired) electrons. The van der Waals surface area contributed by atoms with E-state index in [9.17, 15) is 0 Å².